The van der Waals surface area contributed by atoms with Gasteiger partial charge in [-0.25, -0.2) is 13.1 Å². The number of carbonyl (C=O) groups excluding carboxylic acids is 1. The molecule has 0 spiro atoms. The minimum atomic E-state index is -3.75. The van der Waals surface area contributed by atoms with Gasteiger partial charge >= 0.3 is 0 Å². The van der Waals surface area contributed by atoms with E-state index in [1.54, 1.807) is 36.1 Å². The van der Waals surface area contributed by atoms with Crippen molar-refractivity contribution in [1.82, 2.24) is 19.8 Å². The largest absolute Gasteiger partial charge is 0.377 e. The van der Waals surface area contributed by atoms with Crippen LogP contribution in [0, 0.1) is 6.92 Å². The molecule has 1 aromatic heterocycles. The van der Waals surface area contributed by atoms with E-state index in [0.29, 0.717) is 47.9 Å². The lowest BCUT2D eigenvalue weighted by molar-refractivity contribution is 0.0773. The van der Waals surface area contributed by atoms with Crippen molar-refractivity contribution in [3.63, 3.8) is 0 Å². The van der Waals surface area contributed by atoms with Gasteiger partial charge in [0.2, 0.25) is 10.0 Å². The van der Waals surface area contributed by atoms with Crippen molar-refractivity contribution in [2.24, 2.45) is 0 Å². The van der Waals surface area contributed by atoms with Crippen LogP contribution in [0.1, 0.15) is 42.6 Å². The Morgan fingerprint density at radius 2 is 1.73 bits per heavy atom. The number of benzene rings is 3. The van der Waals surface area contributed by atoms with Gasteiger partial charge in [0.1, 0.15) is 5.69 Å². The number of aryl methyl sites for hydroxylation is 1. The Balaban J connectivity index is 1.43. The van der Waals surface area contributed by atoms with E-state index in [2.05, 4.69) is 20.2 Å². The second-order valence-electron chi connectivity index (χ2n) is 10.1. The molecule has 1 atom stereocenters. The molecular weight excluding hydrogens is 538 g/mol. The number of fused-ring (bicyclic) bond motifs is 1. The number of aromatic nitrogens is 2. The summed E-state index contributed by atoms with van der Waals surface area (Å²) < 4.78 is 34.7. The number of hydrogen-bond acceptors (Lipinski definition) is 7. The summed E-state index contributed by atoms with van der Waals surface area (Å²) in [5.41, 5.74) is 3.28. The molecule has 1 aliphatic rings. The number of hydrogen-bond donors (Lipinski definition) is 2. The van der Waals surface area contributed by atoms with E-state index in [4.69, 9.17) is 4.74 Å². The standard InChI is InChI=1S/C31H35N5O4S/c1-4-36(5-2)31(37)22-14-16-24(17-15-22)33-30-27-11-7-6-10-26(27)29(34-35-30)23-13-12-21(3)28(19-23)41(38,39)32-20-25-9-8-18-40-25/h6-7,10-17,19,25,32H,4-5,8-9,18,20H2,1-3H3,(H,33,35). The first kappa shape index (κ1) is 28.7. The molecule has 4 aromatic rings. The van der Waals surface area contributed by atoms with Gasteiger partial charge in [0.15, 0.2) is 5.82 Å². The van der Waals surface area contributed by atoms with Crippen LogP contribution in [0.5, 0.6) is 0 Å². The first-order chi connectivity index (χ1) is 19.8. The second kappa shape index (κ2) is 12.3. The van der Waals surface area contributed by atoms with Crippen molar-refractivity contribution in [2.45, 2.75) is 44.6 Å². The zero-order valence-corrected chi connectivity index (χ0v) is 24.4. The van der Waals surface area contributed by atoms with Crippen molar-refractivity contribution in [1.29, 1.82) is 0 Å². The average molecular weight is 574 g/mol. The fraction of sp³-hybridized carbons (Fsp3) is 0.323. The summed E-state index contributed by atoms with van der Waals surface area (Å²) in [5.74, 6) is 0.558. The Morgan fingerprint density at radius 1 is 1.00 bits per heavy atom. The van der Waals surface area contributed by atoms with Gasteiger partial charge in [0.05, 0.1) is 11.0 Å². The monoisotopic (exact) mass is 573 g/mol. The zero-order valence-electron chi connectivity index (χ0n) is 23.6. The third-order valence-electron chi connectivity index (χ3n) is 7.41. The van der Waals surface area contributed by atoms with Gasteiger partial charge in [-0.15, -0.1) is 10.2 Å². The third-order valence-corrected chi connectivity index (χ3v) is 8.97. The Hall–Kier alpha value is -3.86. The second-order valence-corrected chi connectivity index (χ2v) is 11.8. The number of amides is 1. The van der Waals surface area contributed by atoms with Crippen LogP contribution in [-0.2, 0) is 14.8 Å². The molecule has 0 saturated carbocycles. The number of ether oxygens (including phenoxy) is 1. The van der Waals surface area contributed by atoms with Gasteiger partial charge < -0.3 is 15.0 Å². The van der Waals surface area contributed by atoms with Crippen LogP contribution in [0.3, 0.4) is 0 Å². The Morgan fingerprint density at radius 3 is 2.41 bits per heavy atom. The number of anilines is 2. The summed E-state index contributed by atoms with van der Waals surface area (Å²) in [6, 6.07) is 20.3. The van der Waals surface area contributed by atoms with Crippen LogP contribution >= 0.6 is 0 Å². The molecule has 5 rings (SSSR count). The van der Waals surface area contributed by atoms with E-state index in [9.17, 15) is 13.2 Å². The molecular formula is C31H35N5O4S. The first-order valence-electron chi connectivity index (χ1n) is 13.9. The Labute approximate surface area is 241 Å². The number of carbonyl (C=O) groups is 1. The van der Waals surface area contributed by atoms with Crippen molar-refractivity contribution in [2.75, 3.05) is 31.6 Å². The molecule has 3 aromatic carbocycles. The Bertz CT molecular complexity index is 1650. The van der Waals surface area contributed by atoms with Crippen LogP contribution in [-0.4, -0.2) is 61.8 Å². The highest BCUT2D eigenvalue weighted by molar-refractivity contribution is 7.89. The van der Waals surface area contributed by atoms with E-state index in [0.717, 1.165) is 29.3 Å². The molecule has 1 unspecified atom stereocenters. The maximum Gasteiger partial charge on any atom is 0.253 e. The zero-order chi connectivity index (χ0) is 29.0. The normalized spacial score (nSPS) is 15.2. The minimum Gasteiger partial charge on any atom is -0.377 e. The van der Waals surface area contributed by atoms with E-state index in [-0.39, 0.29) is 23.5 Å². The van der Waals surface area contributed by atoms with Crippen molar-refractivity contribution in [3.05, 3.63) is 77.9 Å². The minimum absolute atomic E-state index is 0.00213. The predicted molar refractivity (Wildman–Crippen MR) is 161 cm³/mol. The van der Waals surface area contributed by atoms with Crippen molar-refractivity contribution < 1.29 is 17.9 Å². The maximum atomic E-state index is 13.2. The summed E-state index contributed by atoms with van der Waals surface area (Å²) >= 11 is 0. The van der Waals surface area contributed by atoms with Gasteiger partial charge in [-0.1, -0.05) is 36.4 Å². The number of nitrogens with zero attached hydrogens (tertiary/aromatic N) is 3. The van der Waals surface area contributed by atoms with E-state index < -0.39 is 10.0 Å². The molecule has 1 amide bonds. The smallest absolute Gasteiger partial charge is 0.253 e. The Kier molecular flexibility index (Phi) is 8.63. The molecule has 10 heteroatoms. The summed E-state index contributed by atoms with van der Waals surface area (Å²) in [6.45, 7) is 7.93. The molecule has 1 saturated heterocycles. The van der Waals surface area contributed by atoms with Gasteiger partial charge in [-0.2, -0.15) is 0 Å². The van der Waals surface area contributed by atoms with E-state index in [1.165, 1.54) is 0 Å². The van der Waals surface area contributed by atoms with Crippen LogP contribution in [0.15, 0.2) is 71.6 Å². The highest BCUT2D eigenvalue weighted by Gasteiger charge is 2.23. The molecule has 0 bridgehead atoms. The summed E-state index contributed by atoms with van der Waals surface area (Å²) in [6.07, 6.45) is 1.70. The van der Waals surface area contributed by atoms with E-state index in [1.807, 2.05) is 56.3 Å². The molecule has 0 radical (unpaired) electrons. The number of nitrogens with one attached hydrogen (secondary N) is 2. The summed E-state index contributed by atoms with van der Waals surface area (Å²) in [5, 5.41) is 14.0. The maximum absolute atomic E-state index is 13.2. The molecule has 214 valence electrons. The lowest BCUT2D eigenvalue weighted by Crippen LogP contribution is -2.32. The van der Waals surface area contributed by atoms with Crippen LogP contribution in [0.4, 0.5) is 11.5 Å². The molecule has 9 nitrogen and oxygen atoms in total. The van der Waals surface area contributed by atoms with E-state index >= 15 is 0 Å². The molecule has 1 fully saturated rings. The fourth-order valence-corrected chi connectivity index (χ4v) is 6.39. The molecule has 2 heterocycles. The van der Waals surface area contributed by atoms with Crippen LogP contribution in [0.2, 0.25) is 0 Å². The average Bonchev–Trinajstić information content (AvgIpc) is 3.52. The molecule has 2 N–H and O–H groups in total. The predicted octanol–water partition coefficient (Wildman–Crippen LogP) is 5.29. The van der Waals surface area contributed by atoms with Crippen molar-refractivity contribution >= 4 is 38.2 Å². The van der Waals surface area contributed by atoms with Crippen LogP contribution < -0.4 is 10.0 Å². The summed E-state index contributed by atoms with van der Waals surface area (Å²) in [7, 11) is -3.75. The molecule has 41 heavy (non-hydrogen) atoms. The van der Waals surface area contributed by atoms with Gasteiger partial charge in [-0.3, -0.25) is 4.79 Å². The lowest BCUT2D eigenvalue weighted by atomic mass is 10.0. The van der Waals surface area contributed by atoms with Crippen molar-refractivity contribution in [3.8, 4) is 11.3 Å². The quantitative estimate of drug-likeness (QED) is 0.265. The summed E-state index contributed by atoms with van der Waals surface area (Å²) in [4.78, 5) is 14.7. The van der Waals surface area contributed by atoms with Crippen LogP contribution in [0.25, 0.3) is 22.0 Å². The fourth-order valence-electron chi connectivity index (χ4n) is 5.06. The molecule has 0 aliphatic carbocycles. The van der Waals surface area contributed by atoms with Gasteiger partial charge in [0, 0.05) is 53.8 Å². The topological polar surface area (TPSA) is 114 Å². The highest BCUT2D eigenvalue weighted by atomic mass is 32.2. The SMILES string of the molecule is CCN(CC)C(=O)c1ccc(Nc2nnc(-c3ccc(C)c(S(=O)(=O)NCC4CCCO4)c3)c3ccccc23)cc1. The highest BCUT2D eigenvalue weighted by Crippen LogP contribution is 2.33. The van der Waals surface area contributed by atoms with Gasteiger partial charge in [-0.05, 0) is 69.5 Å². The molecule has 1 aliphatic heterocycles. The van der Waals surface area contributed by atoms with Gasteiger partial charge in [0.25, 0.3) is 5.91 Å². The third kappa shape index (κ3) is 6.24. The number of sulfonamides is 1. The number of rotatable bonds is 10. The lowest BCUT2D eigenvalue weighted by Gasteiger charge is -2.18. The first-order valence-corrected chi connectivity index (χ1v) is 15.4.